The van der Waals surface area contributed by atoms with Gasteiger partial charge in [0.05, 0.1) is 4.88 Å². The molecule has 2 nitrogen and oxygen atoms in total. The van der Waals surface area contributed by atoms with Crippen LogP contribution in [0.2, 0.25) is 0 Å². The van der Waals surface area contributed by atoms with Gasteiger partial charge in [0.1, 0.15) is 0 Å². The van der Waals surface area contributed by atoms with Crippen molar-refractivity contribution in [3.05, 3.63) is 21.9 Å². The van der Waals surface area contributed by atoms with Crippen molar-refractivity contribution in [1.82, 2.24) is 0 Å². The monoisotopic (exact) mass is 197 g/mol. The Labute approximate surface area is 82.8 Å². The molecule has 72 valence electrons. The Morgan fingerprint density at radius 2 is 2.31 bits per heavy atom. The van der Waals surface area contributed by atoms with E-state index in [0.29, 0.717) is 6.42 Å². The van der Waals surface area contributed by atoms with Gasteiger partial charge in [0, 0.05) is 17.3 Å². The lowest BCUT2D eigenvalue weighted by Gasteiger charge is -2.00. The van der Waals surface area contributed by atoms with Crippen molar-refractivity contribution in [2.45, 2.75) is 32.7 Å². The van der Waals surface area contributed by atoms with Gasteiger partial charge in [-0.25, -0.2) is 0 Å². The Hall–Kier alpha value is -0.670. The number of nitrogens with two attached hydrogens (primary N) is 1. The molecule has 1 aromatic rings. The van der Waals surface area contributed by atoms with Crippen molar-refractivity contribution in [2.75, 3.05) is 0 Å². The highest BCUT2D eigenvalue weighted by molar-refractivity contribution is 7.14. The Morgan fingerprint density at radius 3 is 2.77 bits per heavy atom. The zero-order chi connectivity index (χ0) is 9.84. The fourth-order valence-corrected chi connectivity index (χ4v) is 2.01. The third kappa shape index (κ3) is 2.94. The number of ketones is 1. The first-order valence-electron chi connectivity index (χ1n) is 4.51. The summed E-state index contributed by atoms with van der Waals surface area (Å²) >= 11 is 1.58. The van der Waals surface area contributed by atoms with Crippen LogP contribution >= 0.6 is 11.3 Å². The lowest BCUT2D eigenvalue weighted by molar-refractivity contribution is 0.0980. The van der Waals surface area contributed by atoms with E-state index in [-0.39, 0.29) is 11.8 Å². The van der Waals surface area contributed by atoms with Crippen molar-refractivity contribution >= 4 is 17.1 Å². The number of aryl methyl sites for hydroxylation is 1. The number of carbonyl (C=O) groups excluding carboxylic acids is 1. The SMILES string of the molecule is CCc1ccc(C(=O)CC(C)N)s1. The average Bonchev–Trinajstić information content (AvgIpc) is 2.50. The van der Waals surface area contributed by atoms with Crippen LogP contribution < -0.4 is 5.73 Å². The number of thiophene rings is 1. The summed E-state index contributed by atoms with van der Waals surface area (Å²) in [5.74, 6) is 0.166. The number of rotatable bonds is 4. The maximum atomic E-state index is 11.5. The summed E-state index contributed by atoms with van der Waals surface area (Å²) in [6.45, 7) is 3.94. The molecule has 13 heavy (non-hydrogen) atoms. The summed E-state index contributed by atoms with van der Waals surface area (Å²) < 4.78 is 0. The van der Waals surface area contributed by atoms with Gasteiger partial charge in [0.15, 0.2) is 5.78 Å². The van der Waals surface area contributed by atoms with Crippen LogP contribution in [-0.4, -0.2) is 11.8 Å². The van der Waals surface area contributed by atoms with Gasteiger partial charge in [-0.2, -0.15) is 0 Å². The highest BCUT2D eigenvalue weighted by Gasteiger charge is 2.10. The van der Waals surface area contributed by atoms with Gasteiger partial charge >= 0.3 is 0 Å². The summed E-state index contributed by atoms with van der Waals surface area (Å²) in [5, 5.41) is 0. The molecule has 2 N–H and O–H groups in total. The minimum Gasteiger partial charge on any atom is -0.328 e. The predicted octanol–water partition coefficient (Wildman–Crippen LogP) is 2.23. The van der Waals surface area contributed by atoms with E-state index in [1.807, 2.05) is 19.1 Å². The van der Waals surface area contributed by atoms with Crippen LogP contribution in [0.15, 0.2) is 12.1 Å². The molecule has 0 saturated carbocycles. The molecular formula is C10H15NOS. The second-order valence-electron chi connectivity index (χ2n) is 3.22. The van der Waals surface area contributed by atoms with E-state index in [1.165, 1.54) is 4.88 Å². The molecule has 1 atom stereocenters. The van der Waals surface area contributed by atoms with Gasteiger partial charge in [-0.15, -0.1) is 11.3 Å². The highest BCUT2D eigenvalue weighted by atomic mass is 32.1. The Morgan fingerprint density at radius 1 is 1.62 bits per heavy atom. The summed E-state index contributed by atoms with van der Waals surface area (Å²) in [7, 11) is 0. The minimum absolute atomic E-state index is 0.0420. The van der Waals surface area contributed by atoms with E-state index in [2.05, 4.69) is 6.92 Å². The molecule has 0 aliphatic rings. The Bertz CT molecular complexity index is 291. The van der Waals surface area contributed by atoms with Crippen molar-refractivity contribution in [3.63, 3.8) is 0 Å². The van der Waals surface area contributed by atoms with Crippen LogP contribution in [0.5, 0.6) is 0 Å². The van der Waals surface area contributed by atoms with Crippen LogP contribution in [0, 0.1) is 0 Å². The largest absolute Gasteiger partial charge is 0.328 e. The molecule has 0 spiro atoms. The third-order valence-electron chi connectivity index (χ3n) is 1.79. The van der Waals surface area contributed by atoms with Crippen LogP contribution in [0.1, 0.15) is 34.8 Å². The lowest BCUT2D eigenvalue weighted by Crippen LogP contribution is -2.19. The number of Topliss-reactive ketones (excluding diaryl/α,β-unsaturated/α-hetero) is 1. The third-order valence-corrected chi connectivity index (χ3v) is 3.06. The fraction of sp³-hybridized carbons (Fsp3) is 0.500. The zero-order valence-corrected chi connectivity index (χ0v) is 8.86. The molecule has 1 rings (SSSR count). The molecule has 0 aromatic carbocycles. The van der Waals surface area contributed by atoms with Crippen LogP contribution in [0.25, 0.3) is 0 Å². The summed E-state index contributed by atoms with van der Waals surface area (Å²) in [5.41, 5.74) is 5.55. The highest BCUT2D eigenvalue weighted by Crippen LogP contribution is 2.18. The normalized spacial score (nSPS) is 12.8. The minimum atomic E-state index is -0.0420. The Balaban J connectivity index is 2.66. The van der Waals surface area contributed by atoms with Gasteiger partial charge in [-0.1, -0.05) is 6.92 Å². The molecule has 0 aliphatic heterocycles. The number of hydrogen-bond donors (Lipinski definition) is 1. The molecule has 0 fully saturated rings. The standard InChI is InChI=1S/C10H15NOS/c1-3-8-4-5-10(13-8)9(12)6-7(2)11/h4-5,7H,3,6,11H2,1-2H3. The van der Waals surface area contributed by atoms with Crippen molar-refractivity contribution in [1.29, 1.82) is 0 Å². The van der Waals surface area contributed by atoms with E-state index in [4.69, 9.17) is 5.73 Å². The van der Waals surface area contributed by atoms with Gasteiger partial charge < -0.3 is 5.73 Å². The van der Waals surface area contributed by atoms with E-state index in [9.17, 15) is 4.79 Å². The first-order chi connectivity index (χ1) is 6.13. The van der Waals surface area contributed by atoms with Crippen LogP contribution in [0.4, 0.5) is 0 Å². The topological polar surface area (TPSA) is 43.1 Å². The second kappa shape index (κ2) is 4.53. The quantitative estimate of drug-likeness (QED) is 0.752. The fourth-order valence-electron chi connectivity index (χ4n) is 1.11. The number of hydrogen-bond acceptors (Lipinski definition) is 3. The van der Waals surface area contributed by atoms with E-state index < -0.39 is 0 Å². The molecule has 0 radical (unpaired) electrons. The average molecular weight is 197 g/mol. The maximum absolute atomic E-state index is 11.5. The molecule has 0 amide bonds. The molecular weight excluding hydrogens is 182 g/mol. The lowest BCUT2D eigenvalue weighted by atomic mass is 10.1. The first kappa shape index (κ1) is 10.4. The summed E-state index contributed by atoms with van der Waals surface area (Å²) in [6, 6.07) is 3.87. The van der Waals surface area contributed by atoms with Gasteiger partial charge in [0.25, 0.3) is 0 Å². The van der Waals surface area contributed by atoms with Gasteiger partial charge in [-0.05, 0) is 25.5 Å². The molecule has 0 saturated heterocycles. The van der Waals surface area contributed by atoms with Gasteiger partial charge in [-0.3, -0.25) is 4.79 Å². The molecule has 3 heteroatoms. The zero-order valence-electron chi connectivity index (χ0n) is 8.04. The summed E-state index contributed by atoms with van der Waals surface area (Å²) in [4.78, 5) is 13.6. The molecule has 1 heterocycles. The Kier molecular flexibility index (Phi) is 3.63. The molecule has 1 aromatic heterocycles. The van der Waals surface area contributed by atoms with E-state index in [1.54, 1.807) is 11.3 Å². The summed E-state index contributed by atoms with van der Waals surface area (Å²) in [6.07, 6.45) is 1.44. The smallest absolute Gasteiger partial charge is 0.174 e. The second-order valence-corrected chi connectivity index (χ2v) is 4.39. The molecule has 1 unspecified atom stereocenters. The van der Waals surface area contributed by atoms with Crippen LogP contribution in [0.3, 0.4) is 0 Å². The number of carbonyl (C=O) groups is 1. The molecule has 0 aliphatic carbocycles. The van der Waals surface area contributed by atoms with Gasteiger partial charge in [0.2, 0.25) is 0 Å². The van der Waals surface area contributed by atoms with Crippen LogP contribution in [-0.2, 0) is 6.42 Å². The van der Waals surface area contributed by atoms with Crippen molar-refractivity contribution in [3.8, 4) is 0 Å². The van der Waals surface area contributed by atoms with E-state index in [0.717, 1.165) is 11.3 Å². The maximum Gasteiger partial charge on any atom is 0.174 e. The van der Waals surface area contributed by atoms with E-state index >= 15 is 0 Å². The van der Waals surface area contributed by atoms with Crippen molar-refractivity contribution < 1.29 is 4.79 Å². The predicted molar refractivity (Wildman–Crippen MR) is 56.3 cm³/mol. The molecule has 0 bridgehead atoms. The first-order valence-corrected chi connectivity index (χ1v) is 5.32. The van der Waals surface area contributed by atoms with Crippen molar-refractivity contribution in [2.24, 2.45) is 5.73 Å².